The van der Waals surface area contributed by atoms with Crippen LogP contribution in [0.2, 0.25) is 0 Å². The van der Waals surface area contributed by atoms with E-state index in [1.165, 1.54) is 51.7 Å². The number of piperidine rings is 1. The lowest BCUT2D eigenvalue weighted by atomic mass is 9.95. The van der Waals surface area contributed by atoms with Crippen molar-refractivity contribution in [3.05, 3.63) is 0 Å². The van der Waals surface area contributed by atoms with Gasteiger partial charge in [-0.25, -0.2) is 0 Å². The number of amides is 1. The normalized spacial score (nSPS) is 25.9. The third kappa shape index (κ3) is 6.41. The average molecular weight is 366 g/mol. The first-order valence-electron chi connectivity index (χ1n) is 9.02. The zero-order chi connectivity index (χ0) is 14.5. The number of likely N-dealkylation sites (tertiary alicyclic amines) is 2. The molecule has 3 aliphatic heterocycles. The summed E-state index contributed by atoms with van der Waals surface area (Å²) in [6.07, 6.45) is 8.30. The molecule has 3 saturated heterocycles. The van der Waals surface area contributed by atoms with E-state index in [2.05, 4.69) is 15.1 Å². The number of nitrogens with zero attached hydrogens (tertiary/aromatic N) is 2. The van der Waals surface area contributed by atoms with Gasteiger partial charge in [0.25, 0.3) is 0 Å². The van der Waals surface area contributed by atoms with E-state index in [1.54, 1.807) is 0 Å². The molecule has 0 spiro atoms. The monoisotopic (exact) mass is 365 g/mol. The highest BCUT2D eigenvalue weighted by Gasteiger charge is 2.25. The maximum Gasteiger partial charge on any atom is 0.222 e. The lowest BCUT2D eigenvalue weighted by molar-refractivity contribution is -0.132. The second-order valence-corrected chi connectivity index (χ2v) is 7.23. The van der Waals surface area contributed by atoms with E-state index in [9.17, 15) is 4.79 Å². The van der Waals surface area contributed by atoms with E-state index in [0.29, 0.717) is 5.91 Å². The molecule has 1 unspecified atom stereocenters. The van der Waals surface area contributed by atoms with Crippen molar-refractivity contribution < 1.29 is 4.79 Å². The summed E-state index contributed by atoms with van der Waals surface area (Å²) in [6.45, 7) is 8.13. The molecule has 1 atom stereocenters. The lowest BCUT2D eigenvalue weighted by Crippen LogP contribution is -2.41. The van der Waals surface area contributed by atoms with Crippen LogP contribution in [0.3, 0.4) is 0 Å². The molecule has 0 bridgehead atoms. The first-order valence-corrected chi connectivity index (χ1v) is 9.02. The smallest absolute Gasteiger partial charge is 0.222 e. The molecule has 23 heavy (non-hydrogen) atoms. The van der Waals surface area contributed by atoms with Gasteiger partial charge in [-0.05, 0) is 76.5 Å². The van der Waals surface area contributed by atoms with E-state index in [-0.39, 0.29) is 24.8 Å². The first-order chi connectivity index (χ1) is 10.3. The van der Waals surface area contributed by atoms with Crippen LogP contribution in [0.25, 0.3) is 0 Å². The van der Waals surface area contributed by atoms with Crippen LogP contribution in [0.15, 0.2) is 0 Å². The first kappa shape index (κ1) is 21.0. The average Bonchev–Trinajstić information content (AvgIpc) is 3.19. The summed E-state index contributed by atoms with van der Waals surface area (Å²) in [4.78, 5) is 17.0. The largest absolute Gasteiger partial charge is 0.343 e. The van der Waals surface area contributed by atoms with Crippen LogP contribution in [-0.4, -0.2) is 61.5 Å². The summed E-state index contributed by atoms with van der Waals surface area (Å²) in [7, 11) is 0. The summed E-state index contributed by atoms with van der Waals surface area (Å²) in [5.41, 5.74) is 0. The molecular weight excluding hydrogens is 333 g/mol. The van der Waals surface area contributed by atoms with E-state index in [4.69, 9.17) is 0 Å². The van der Waals surface area contributed by atoms with Crippen molar-refractivity contribution in [2.24, 2.45) is 11.8 Å². The van der Waals surface area contributed by atoms with Crippen molar-refractivity contribution in [2.45, 2.75) is 44.9 Å². The molecule has 0 aromatic rings. The second-order valence-electron chi connectivity index (χ2n) is 7.23. The predicted octanol–water partition coefficient (Wildman–Crippen LogP) is 2.55. The van der Waals surface area contributed by atoms with Gasteiger partial charge < -0.3 is 15.1 Å². The molecule has 3 heterocycles. The Hall–Kier alpha value is -0.0300. The van der Waals surface area contributed by atoms with Crippen LogP contribution in [0.1, 0.15) is 44.9 Å². The summed E-state index contributed by atoms with van der Waals surface area (Å²) >= 11 is 0. The Morgan fingerprint density at radius 2 is 1.65 bits per heavy atom. The number of rotatable bonds is 5. The molecule has 3 rings (SSSR count). The highest BCUT2D eigenvalue weighted by atomic mass is 35.5. The molecular formula is C17H33Cl2N3O. The van der Waals surface area contributed by atoms with E-state index < -0.39 is 0 Å². The SMILES string of the molecule is Cl.Cl.O=C(CCC1CCNC1)N1CCC(CN2CCCC2)CC1. The Morgan fingerprint density at radius 3 is 2.26 bits per heavy atom. The summed E-state index contributed by atoms with van der Waals surface area (Å²) in [5.74, 6) is 1.97. The van der Waals surface area contributed by atoms with Crippen molar-refractivity contribution in [2.75, 3.05) is 45.8 Å². The molecule has 0 aromatic carbocycles. The van der Waals surface area contributed by atoms with Crippen LogP contribution in [0.5, 0.6) is 0 Å². The standard InChI is InChI=1S/C17H31N3O.2ClH/c21-17(4-3-15-5-8-18-13-15)20-11-6-16(7-12-20)14-19-9-1-2-10-19;;/h15-16,18H,1-14H2;2*1H. The molecule has 6 heteroatoms. The minimum atomic E-state index is 0. The highest BCUT2D eigenvalue weighted by Crippen LogP contribution is 2.22. The molecule has 1 N–H and O–H groups in total. The minimum Gasteiger partial charge on any atom is -0.343 e. The minimum absolute atomic E-state index is 0. The van der Waals surface area contributed by atoms with Gasteiger partial charge in [0.15, 0.2) is 0 Å². The van der Waals surface area contributed by atoms with Gasteiger partial charge in [-0.15, -0.1) is 24.8 Å². The summed E-state index contributed by atoms with van der Waals surface area (Å²) in [6, 6.07) is 0. The van der Waals surface area contributed by atoms with Crippen molar-refractivity contribution in [1.82, 2.24) is 15.1 Å². The summed E-state index contributed by atoms with van der Waals surface area (Å²) in [5, 5.41) is 3.39. The van der Waals surface area contributed by atoms with Gasteiger partial charge in [0, 0.05) is 26.1 Å². The van der Waals surface area contributed by atoms with Crippen molar-refractivity contribution in [1.29, 1.82) is 0 Å². The molecule has 3 fully saturated rings. The van der Waals surface area contributed by atoms with Crippen LogP contribution >= 0.6 is 24.8 Å². The number of hydrogen-bond acceptors (Lipinski definition) is 3. The van der Waals surface area contributed by atoms with E-state index in [0.717, 1.165) is 50.9 Å². The number of hydrogen-bond donors (Lipinski definition) is 1. The van der Waals surface area contributed by atoms with Crippen LogP contribution in [0, 0.1) is 11.8 Å². The molecule has 0 aromatic heterocycles. The van der Waals surface area contributed by atoms with Crippen LogP contribution in [0.4, 0.5) is 0 Å². The van der Waals surface area contributed by atoms with Gasteiger partial charge in [-0.3, -0.25) is 4.79 Å². The van der Waals surface area contributed by atoms with Gasteiger partial charge in [0.2, 0.25) is 5.91 Å². The van der Waals surface area contributed by atoms with Gasteiger partial charge >= 0.3 is 0 Å². The van der Waals surface area contributed by atoms with Gasteiger partial charge in [-0.2, -0.15) is 0 Å². The highest BCUT2D eigenvalue weighted by molar-refractivity contribution is 5.85. The van der Waals surface area contributed by atoms with Crippen LogP contribution < -0.4 is 5.32 Å². The predicted molar refractivity (Wildman–Crippen MR) is 99.7 cm³/mol. The number of nitrogens with one attached hydrogen (secondary N) is 1. The van der Waals surface area contributed by atoms with Gasteiger partial charge in [0.05, 0.1) is 0 Å². The Kier molecular flexibility index (Phi) is 9.83. The topological polar surface area (TPSA) is 35.6 Å². The number of carbonyl (C=O) groups excluding carboxylic acids is 1. The zero-order valence-electron chi connectivity index (χ0n) is 14.2. The van der Waals surface area contributed by atoms with Gasteiger partial charge in [0.1, 0.15) is 0 Å². The second kappa shape index (κ2) is 10.8. The van der Waals surface area contributed by atoms with Gasteiger partial charge in [-0.1, -0.05) is 0 Å². The molecule has 3 aliphatic rings. The maximum atomic E-state index is 12.3. The maximum absolute atomic E-state index is 12.3. The summed E-state index contributed by atoms with van der Waals surface area (Å²) < 4.78 is 0. The third-order valence-electron chi connectivity index (χ3n) is 5.61. The fourth-order valence-corrected chi connectivity index (χ4v) is 4.14. The van der Waals surface area contributed by atoms with Crippen LogP contribution in [-0.2, 0) is 4.79 Å². The van der Waals surface area contributed by atoms with Crippen molar-refractivity contribution in [3.8, 4) is 0 Å². The van der Waals surface area contributed by atoms with E-state index >= 15 is 0 Å². The molecule has 0 radical (unpaired) electrons. The third-order valence-corrected chi connectivity index (χ3v) is 5.61. The molecule has 0 saturated carbocycles. The Bertz CT molecular complexity index is 337. The quantitative estimate of drug-likeness (QED) is 0.812. The van der Waals surface area contributed by atoms with E-state index in [1.807, 2.05) is 0 Å². The van der Waals surface area contributed by atoms with Crippen molar-refractivity contribution >= 4 is 30.7 Å². The molecule has 136 valence electrons. The molecule has 1 amide bonds. The Balaban J connectivity index is 0.00000132. The fraction of sp³-hybridized carbons (Fsp3) is 0.941. The Morgan fingerprint density at radius 1 is 0.957 bits per heavy atom. The Labute approximate surface area is 153 Å². The molecule has 4 nitrogen and oxygen atoms in total. The zero-order valence-corrected chi connectivity index (χ0v) is 15.8. The number of halogens is 2. The lowest BCUT2D eigenvalue weighted by Gasteiger charge is -2.34. The molecule has 0 aliphatic carbocycles. The fourth-order valence-electron chi connectivity index (χ4n) is 4.14. The number of carbonyl (C=O) groups is 1. The van der Waals surface area contributed by atoms with Crippen molar-refractivity contribution in [3.63, 3.8) is 0 Å².